The van der Waals surface area contributed by atoms with Gasteiger partial charge in [-0.25, -0.2) is 9.78 Å². The number of carbonyl (C=O) groups excluding carboxylic acids is 1. The highest BCUT2D eigenvalue weighted by atomic mass is 32.1. The fourth-order valence-electron chi connectivity index (χ4n) is 1.22. The summed E-state index contributed by atoms with van der Waals surface area (Å²) in [5, 5.41) is 8.17. The zero-order valence-corrected chi connectivity index (χ0v) is 10.1. The van der Waals surface area contributed by atoms with Gasteiger partial charge in [0.05, 0.1) is 5.69 Å². The lowest BCUT2D eigenvalue weighted by atomic mass is 10.2. The summed E-state index contributed by atoms with van der Waals surface area (Å²) in [4.78, 5) is 15.7. The van der Waals surface area contributed by atoms with Gasteiger partial charge in [0.25, 0.3) is 0 Å². The fourth-order valence-corrected chi connectivity index (χ4v) is 1.91. The van der Waals surface area contributed by atoms with Gasteiger partial charge in [-0.15, -0.1) is 11.3 Å². The number of amides is 2. The van der Waals surface area contributed by atoms with E-state index in [1.165, 1.54) is 11.3 Å². The molecule has 2 amide bonds. The van der Waals surface area contributed by atoms with Crippen molar-refractivity contribution in [2.45, 2.75) is 39.7 Å². The van der Waals surface area contributed by atoms with Crippen LogP contribution in [-0.4, -0.2) is 17.1 Å². The van der Waals surface area contributed by atoms with Crippen LogP contribution in [0.3, 0.4) is 0 Å². The van der Waals surface area contributed by atoms with Gasteiger partial charge in [-0.05, 0) is 19.8 Å². The smallest absolute Gasteiger partial charge is 0.321 e. The second-order valence-electron chi connectivity index (χ2n) is 3.41. The molecule has 1 rings (SSSR count). The van der Waals surface area contributed by atoms with Crippen molar-refractivity contribution in [1.82, 2.24) is 10.3 Å². The van der Waals surface area contributed by atoms with Crippen LogP contribution in [0.5, 0.6) is 0 Å². The van der Waals surface area contributed by atoms with Gasteiger partial charge in [0.15, 0.2) is 5.13 Å². The number of thiazole rings is 1. The second kappa shape index (κ2) is 5.70. The summed E-state index contributed by atoms with van der Waals surface area (Å²) in [6.45, 7) is 6.02. The Labute approximate surface area is 94.1 Å². The van der Waals surface area contributed by atoms with E-state index in [9.17, 15) is 4.79 Å². The van der Waals surface area contributed by atoms with Gasteiger partial charge >= 0.3 is 6.03 Å². The maximum absolute atomic E-state index is 11.5. The Morgan fingerprint density at radius 1 is 1.53 bits per heavy atom. The molecule has 0 spiro atoms. The average Bonchev–Trinajstić information content (AvgIpc) is 2.60. The standard InChI is InChI=1S/C10H17N3OS/c1-4-8(5-2)12-9(14)13-10-11-7(3)6-15-10/h6,8H,4-5H2,1-3H3,(H2,11,12,13,14). The number of hydrogen-bond acceptors (Lipinski definition) is 3. The molecular weight excluding hydrogens is 210 g/mol. The molecule has 0 atom stereocenters. The normalized spacial score (nSPS) is 10.4. The van der Waals surface area contributed by atoms with E-state index < -0.39 is 0 Å². The molecule has 0 saturated carbocycles. The molecule has 2 N–H and O–H groups in total. The zero-order chi connectivity index (χ0) is 11.3. The van der Waals surface area contributed by atoms with Crippen LogP contribution in [-0.2, 0) is 0 Å². The Morgan fingerprint density at radius 2 is 2.20 bits per heavy atom. The third kappa shape index (κ3) is 3.87. The quantitative estimate of drug-likeness (QED) is 0.831. The molecule has 0 aliphatic carbocycles. The van der Waals surface area contributed by atoms with Crippen molar-refractivity contribution in [3.8, 4) is 0 Å². The zero-order valence-electron chi connectivity index (χ0n) is 9.33. The van der Waals surface area contributed by atoms with Gasteiger partial charge < -0.3 is 5.32 Å². The van der Waals surface area contributed by atoms with Crippen LogP contribution in [0.1, 0.15) is 32.4 Å². The van der Waals surface area contributed by atoms with E-state index in [-0.39, 0.29) is 12.1 Å². The van der Waals surface area contributed by atoms with Crippen molar-refractivity contribution in [3.05, 3.63) is 11.1 Å². The molecule has 1 aromatic rings. The molecular formula is C10H17N3OS. The third-order valence-corrected chi connectivity index (χ3v) is 3.04. The molecule has 15 heavy (non-hydrogen) atoms. The number of aromatic nitrogens is 1. The molecule has 0 radical (unpaired) electrons. The minimum absolute atomic E-state index is 0.168. The molecule has 84 valence electrons. The number of carbonyl (C=O) groups is 1. The summed E-state index contributed by atoms with van der Waals surface area (Å²) in [7, 11) is 0. The van der Waals surface area contributed by atoms with Gasteiger partial charge in [-0.2, -0.15) is 0 Å². The molecule has 0 aliphatic rings. The SMILES string of the molecule is CCC(CC)NC(=O)Nc1nc(C)cs1. The van der Waals surface area contributed by atoms with E-state index in [2.05, 4.69) is 29.5 Å². The molecule has 0 aromatic carbocycles. The van der Waals surface area contributed by atoms with Crippen molar-refractivity contribution in [3.63, 3.8) is 0 Å². The van der Waals surface area contributed by atoms with Crippen LogP contribution in [0, 0.1) is 6.92 Å². The lowest BCUT2D eigenvalue weighted by Gasteiger charge is -2.14. The summed E-state index contributed by atoms with van der Waals surface area (Å²) < 4.78 is 0. The monoisotopic (exact) mass is 227 g/mol. The maximum atomic E-state index is 11.5. The first-order valence-corrected chi connectivity index (χ1v) is 6.03. The predicted octanol–water partition coefficient (Wildman–Crippen LogP) is 2.76. The first kappa shape index (κ1) is 12.0. The summed E-state index contributed by atoms with van der Waals surface area (Å²) in [6.07, 6.45) is 1.89. The van der Waals surface area contributed by atoms with Gasteiger partial charge in [-0.3, -0.25) is 5.32 Å². The van der Waals surface area contributed by atoms with Crippen molar-refractivity contribution < 1.29 is 4.79 Å². The molecule has 0 fully saturated rings. The predicted molar refractivity (Wildman–Crippen MR) is 63.4 cm³/mol. The van der Waals surface area contributed by atoms with E-state index in [0.717, 1.165) is 18.5 Å². The number of nitrogens with one attached hydrogen (secondary N) is 2. The number of anilines is 1. The number of urea groups is 1. The fraction of sp³-hybridized carbons (Fsp3) is 0.600. The van der Waals surface area contributed by atoms with Crippen LogP contribution < -0.4 is 10.6 Å². The molecule has 0 saturated heterocycles. The number of nitrogens with zero attached hydrogens (tertiary/aromatic N) is 1. The Morgan fingerprint density at radius 3 is 2.67 bits per heavy atom. The Kier molecular flexibility index (Phi) is 4.55. The second-order valence-corrected chi connectivity index (χ2v) is 4.26. The molecule has 1 aromatic heterocycles. The maximum Gasteiger partial charge on any atom is 0.321 e. The Hall–Kier alpha value is -1.10. The van der Waals surface area contributed by atoms with Crippen molar-refractivity contribution in [2.24, 2.45) is 0 Å². The minimum atomic E-state index is -0.168. The molecule has 1 heterocycles. The summed E-state index contributed by atoms with van der Waals surface area (Å²) in [5.74, 6) is 0. The highest BCUT2D eigenvalue weighted by molar-refractivity contribution is 7.13. The van der Waals surface area contributed by atoms with Crippen molar-refractivity contribution in [1.29, 1.82) is 0 Å². The topological polar surface area (TPSA) is 54.0 Å². The highest BCUT2D eigenvalue weighted by Crippen LogP contribution is 2.14. The number of aryl methyl sites for hydroxylation is 1. The lowest BCUT2D eigenvalue weighted by Crippen LogP contribution is -2.37. The first-order valence-electron chi connectivity index (χ1n) is 5.15. The summed E-state index contributed by atoms with van der Waals surface area (Å²) in [6, 6.07) is 0.0732. The first-order chi connectivity index (χ1) is 7.15. The van der Waals surface area contributed by atoms with Gasteiger partial charge in [-0.1, -0.05) is 13.8 Å². The minimum Gasteiger partial charge on any atom is -0.335 e. The molecule has 4 nitrogen and oxygen atoms in total. The molecule has 0 aliphatic heterocycles. The van der Waals surface area contributed by atoms with Crippen LogP contribution in [0.2, 0.25) is 0 Å². The van der Waals surface area contributed by atoms with Crippen molar-refractivity contribution >= 4 is 22.5 Å². The van der Waals surface area contributed by atoms with Crippen LogP contribution >= 0.6 is 11.3 Å². The van der Waals surface area contributed by atoms with E-state index >= 15 is 0 Å². The van der Waals surface area contributed by atoms with Gasteiger partial charge in [0, 0.05) is 11.4 Å². The molecule has 5 heteroatoms. The summed E-state index contributed by atoms with van der Waals surface area (Å²) >= 11 is 1.44. The van der Waals surface area contributed by atoms with Crippen LogP contribution in [0.25, 0.3) is 0 Å². The third-order valence-electron chi connectivity index (χ3n) is 2.16. The largest absolute Gasteiger partial charge is 0.335 e. The van der Waals surface area contributed by atoms with E-state index in [1.807, 2.05) is 12.3 Å². The average molecular weight is 227 g/mol. The van der Waals surface area contributed by atoms with Gasteiger partial charge in [0.1, 0.15) is 0 Å². The lowest BCUT2D eigenvalue weighted by molar-refractivity contribution is 0.247. The number of rotatable bonds is 4. The Balaban J connectivity index is 2.42. The number of hydrogen-bond donors (Lipinski definition) is 2. The molecule has 0 bridgehead atoms. The Bertz CT molecular complexity index is 320. The summed E-state index contributed by atoms with van der Waals surface area (Å²) in [5.41, 5.74) is 0.929. The molecule has 0 unspecified atom stereocenters. The van der Waals surface area contributed by atoms with Crippen LogP contribution in [0.4, 0.5) is 9.93 Å². The van der Waals surface area contributed by atoms with E-state index in [0.29, 0.717) is 5.13 Å². The van der Waals surface area contributed by atoms with E-state index in [4.69, 9.17) is 0 Å². The van der Waals surface area contributed by atoms with Crippen molar-refractivity contribution in [2.75, 3.05) is 5.32 Å². The highest BCUT2D eigenvalue weighted by Gasteiger charge is 2.09. The van der Waals surface area contributed by atoms with Gasteiger partial charge in [0.2, 0.25) is 0 Å². The van der Waals surface area contributed by atoms with E-state index in [1.54, 1.807) is 0 Å². The van der Waals surface area contributed by atoms with Crippen LogP contribution in [0.15, 0.2) is 5.38 Å².